The molecule has 0 saturated heterocycles. The molecule has 0 aromatic heterocycles. The van der Waals surface area contributed by atoms with Gasteiger partial charge >= 0.3 is 12.7 Å². The van der Waals surface area contributed by atoms with Crippen LogP contribution in [0.2, 0.25) is 0 Å². The number of nitrogens with zero attached hydrogens (tertiary/aromatic N) is 1. The zero-order chi connectivity index (χ0) is 11.8. The highest BCUT2D eigenvalue weighted by Crippen LogP contribution is 2.20. The van der Waals surface area contributed by atoms with Crippen LogP contribution in [0.5, 0.6) is 0 Å². The molecule has 0 N–H and O–H groups in total. The highest BCUT2D eigenvalue weighted by molar-refractivity contribution is 6.73. The van der Waals surface area contributed by atoms with Gasteiger partial charge in [0.1, 0.15) is 5.82 Å². The monoisotopic (exact) mass is 226 g/mol. The topological polar surface area (TPSA) is 43.1 Å². The molecule has 9 heteroatoms. The molecule has 1 rings (SSSR count). The molecule has 0 unspecified atom stereocenters. The van der Waals surface area contributed by atoms with Crippen LogP contribution >= 0.6 is 0 Å². The molecule has 1 aromatic rings. The summed E-state index contributed by atoms with van der Waals surface area (Å²) in [7, 11) is 0. The van der Waals surface area contributed by atoms with Crippen molar-refractivity contribution in [1.82, 2.24) is 0 Å². The fourth-order valence-corrected chi connectivity index (χ4v) is 0.942. The maximum Gasteiger partial charge on any atom is 0.512 e. The first-order valence-corrected chi connectivity index (χ1v) is 3.56. The molecule has 3 nitrogen and oxygen atoms in total. The third-order valence-electron chi connectivity index (χ3n) is 1.62. The maximum absolute atomic E-state index is 12.7. The molecule has 0 bridgehead atoms. The van der Waals surface area contributed by atoms with Crippen LogP contribution in [0.3, 0.4) is 0 Å². The summed E-state index contributed by atoms with van der Waals surface area (Å²) in [5.74, 6) is -3.56. The first-order valence-electron chi connectivity index (χ1n) is 3.56. The van der Waals surface area contributed by atoms with E-state index in [-0.39, 0.29) is 12.1 Å². The second kappa shape index (κ2) is 3.48. The molecule has 0 aliphatic heterocycles. The molecule has 82 valence electrons. The lowest BCUT2D eigenvalue weighted by molar-refractivity contribution is -0.387. The van der Waals surface area contributed by atoms with Gasteiger partial charge in [-0.1, -0.05) is 5.46 Å². The predicted octanol–water partition coefficient (Wildman–Crippen LogP) is 1.93. The summed E-state index contributed by atoms with van der Waals surface area (Å²) in [6.07, 6.45) is 0. The van der Waals surface area contributed by atoms with Crippen LogP contribution in [0.1, 0.15) is 0 Å². The van der Waals surface area contributed by atoms with Crippen LogP contribution in [0.25, 0.3) is 0 Å². The highest BCUT2D eigenvalue weighted by atomic mass is 19.4. The van der Waals surface area contributed by atoms with Crippen LogP contribution in [-0.4, -0.2) is 11.9 Å². The minimum atomic E-state index is -5.72. The van der Waals surface area contributed by atoms with Gasteiger partial charge in [-0.05, 0) is 6.07 Å². The Labute approximate surface area is 79.7 Å². The maximum atomic E-state index is 12.7. The molecule has 0 heterocycles. The van der Waals surface area contributed by atoms with E-state index >= 15 is 0 Å². The molecule has 15 heavy (non-hydrogen) atoms. The van der Waals surface area contributed by atoms with Crippen LogP contribution < -0.4 is 5.46 Å². The normalized spacial score (nSPS) is 11.5. The SMILES string of the molecule is O=[N+]([O-])c1cc(F)c([B-](F)(F)F)cc1F. The zero-order valence-corrected chi connectivity index (χ0v) is 6.89. The van der Waals surface area contributed by atoms with E-state index in [9.17, 15) is 31.8 Å². The molecule has 0 fully saturated rings. The van der Waals surface area contributed by atoms with Crippen molar-refractivity contribution in [1.29, 1.82) is 0 Å². The minimum Gasteiger partial charge on any atom is -0.445 e. The van der Waals surface area contributed by atoms with E-state index in [2.05, 4.69) is 0 Å². The second-order valence-corrected chi connectivity index (χ2v) is 2.66. The lowest BCUT2D eigenvalue weighted by Crippen LogP contribution is -2.37. The van der Waals surface area contributed by atoms with Crippen LogP contribution in [0.4, 0.5) is 27.4 Å². The van der Waals surface area contributed by atoms with Crippen LogP contribution in [0.15, 0.2) is 12.1 Å². The smallest absolute Gasteiger partial charge is 0.445 e. The van der Waals surface area contributed by atoms with Crippen molar-refractivity contribution in [2.45, 2.75) is 0 Å². The van der Waals surface area contributed by atoms with Crippen molar-refractivity contribution in [2.75, 3.05) is 0 Å². The average molecular weight is 226 g/mol. The Bertz CT molecular complexity index is 419. The summed E-state index contributed by atoms with van der Waals surface area (Å²) < 4.78 is 61.6. The van der Waals surface area contributed by atoms with Crippen molar-refractivity contribution in [3.05, 3.63) is 33.9 Å². The van der Waals surface area contributed by atoms with Crippen LogP contribution in [-0.2, 0) is 0 Å². The lowest BCUT2D eigenvalue weighted by Gasteiger charge is -2.15. The number of nitro benzene ring substituents is 1. The van der Waals surface area contributed by atoms with Crippen LogP contribution in [0, 0.1) is 21.7 Å². The Morgan fingerprint density at radius 1 is 1.13 bits per heavy atom. The van der Waals surface area contributed by atoms with Crippen molar-refractivity contribution in [3.8, 4) is 0 Å². The molecular weight excluding hydrogens is 224 g/mol. The van der Waals surface area contributed by atoms with Gasteiger partial charge in [0, 0.05) is 0 Å². The van der Waals surface area contributed by atoms with Gasteiger partial charge < -0.3 is 12.9 Å². The third kappa shape index (κ3) is 2.22. The number of nitro groups is 1. The minimum absolute atomic E-state index is 0.0834. The van der Waals surface area contributed by atoms with E-state index in [1.807, 2.05) is 0 Å². The van der Waals surface area contributed by atoms with Gasteiger partial charge in [0.15, 0.2) is 5.82 Å². The van der Waals surface area contributed by atoms with E-state index in [0.29, 0.717) is 0 Å². The fraction of sp³-hybridized carbons (Fsp3) is 0. The lowest BCUT2D eigenvalue weighted by atomic mass is 9.79. The number of hydrogen-bond donors (Lipinski definition) is 0. The Kier molecular flexibility index (Phi) is 2.65. The Hall–Kier alpha value is -1.67. The summed E-state index contributed by atoms with van der Waals surface area (Å²) in [6, 6.07) is -0.298. The van der Waals surface area contributed by atoms with Gasteiger partial charge in [-0.15, -0.1) is 0 Å². The van der Waals surface area contributed by atoms with Gasteiger partial charge in [-0.3, -0.25) is 10.1 Å². The standard InChI is InChI=1S/C6H2BF5NO2/c8-4-2-6(13(14)15)5(9)1-3(4)7(10,11)12/h1-2H/q-1. The van der Waals surface area contributed by atoms with E-state index in [1.54, 1.807) is 0 Å². The molecule has 0 aliphatic carbocycles. The molecule has 0 amide bonds. The third-order valence-corrected chi connectivity index (χ3v) is 1.62. The number of rotatable bonds is 2. The van der Waals surface area contributed by atoms with Crippen molar-refractivity contribution in [2.24, 2.45) is 0 Å². The molecule has 0 aliphatic rings. The summed E-state index contributed by atoms with van der Waals surface area (Å²) in [5, 5.41) is 10.1. The molecule has 0 saturated carbocycles. The number of benzene rings is 1. The van der Waals surface area contributed by atoms with Gasteiger partial charge in [-0.2, -0.15) is 4.39 Å². The Morgan fingerprint density at radius 3 is 2.07 bits per heavy atom. The summed E-state index contributed by atoms with van der Waals surface area (Å²) >= 11 is 0. The van der Waals surface area contributed by atoms with Crippen molar-refractivity contribution < 1.29 is 26.7 Å². The first-order chi connectivity index (χ1) is 6.73. The molecule has 0 spiro atoms. The molecule has 0 atom stereocenters. The highest BCUT2D eigenvalue weighted by Gasteiger charge is 2.32. The van der Waals surface area contributed by atoms with Gasteiger partial charge in [0.25, 0.3) is 0 Å². The number of hydrogen-bond acceptors (Lipinski definition) is 2. The van der Waals surface area contributed by atoms with Gasteiger partial charge in [0.2, 0.25) is 0 Å². The van der Waals surface area contributed by atoms with E-state index in [1.165, 1.54) is 0 Å². The van der Waals surface area contributed by atoms with Crippen molar-refractivity contribution in [3.63, 3.8) is 0 Å². The second-order valence-electron chi connectivity index (χ2n) is 2.66. The molecule has 1 aromatic carbocycles. The van der Waals surface area contributed by atoms with Crippen molar-refractivity contribution >= 4 is 18.1 Å². The fourth-order valence-electron chi connectivity index (χ4n) is 0.942. The number of halogens is 5. The van der Waals surface area contributed by atoms with E-state index in [4.69, 9.17) is 0 Å². The zero-order valence-electron chi connectivity index (χ0n) is 6.89. The molecule has 0 radical (unpaired) electrons. The molecular formula is C6H2BF5NO2-. The Balaban J connectivity index is 3.39. The van der Waals surface area contributed by atoms with Gasteiger partial charge in [0.05, 0.1) is 11.0 Å². The van der Waals surface area contributed by atoms with E-state index < -0.39 is 34.7 Å². The predicted molar refractivity (Wildman–Crippen MR) is 41.7 cm³/mol. The average Bonchev–Trinajstić information content (AvgIpc) is 2.06. The van der Waals surface area contributed by atoms with Gasteiger partial charge in [-0.25, -0.2) is 4.39 Å². The Morgan fingerprint density at radius 2 is 1.67 bits per heavy atom. The summed E-state index contributed by atoms with van der Waals surface area (Å²) in [5.41, 5.74) is -3.13. The summed E-state index contributed by atoms with van der Waals surface area (Å²) in [6.45, 7) is -5.72. The summed E-state index contributed by atoms with van der Waals surface area (Å²) in [4.78, 5) is 8.76. The largest absolute Gasteiger partial charge is 0.512 e. The quantitative estimate of drug-likeness (QED) is 0.334. The van der Waals surface area contributed by atoms with E-state index in [0.717, 1.165) is 0 Å². The first kappa shape index (κ1) is 11.4.